The molecule has 1 aromatic carbocycles. The Hall–Kier alpha value is -2.34. The van der Waals surface area contributed by atoms with E-state index in [1.807, 2.05) is 0 Å². The van der Waals surface area contributed by atoms with Crippen molar-refractivity contribution in [2.24, 2.45) is 0 Å². The number of aliphatic hydroxyl groups excluding tert-OH is 1. The molecule has 1 heterocycles. The highest BCUT2D eigenvalue weighted by Gasteiger charge is 2.15. The summed E-state index contributed by atoms with van der Waals surface area (Å²) in [5.74, 6) is -3.28. The maximum absolute atomic E-state index is 13.4. The number of pyridine rings is 1. The van der Waals surface area contributed by atoms with E-state index in [4.69, 9.17) is 5.11 Å². The summed E-state index contributed by atoms with van der Waals surface area (Å²) < 4.78 is 26.2. The number of nitrogens with zero attached hydrogens (tertiary/aromatic N) is 1. The third kappa shape index (κ3) is 3.16. The zero-order chi connectivity index (χ0) is 14.5. The van der Waals surface area contributed by atoms with Gasteiger partial charge in [0.15, 0.2) is 5.82 Å². The predicted octanol–water partition coefficient (Wildman–Crippen LogP) is 1.78. The minimum atomic E-state index is -1.30. The van der Waals surface area contributed by atoms with Crippen LogP contribution in [0.5, 0.6) is 0 Å². The second-order valence-electron chi connectivity index (χ2n) is 4.12. The summed E-state index contributed by atoms with van der Waals surface area (Å²) in [7, 11) is 0. The molecule has 4 nitrogen and oxygen atoms in total. The van der Waals surface area contributed by atoms with Crippen LogP contribution in [0.15, 0.2) is 36.5 Å². The molecule has 104 valence electrons. The number of halogens is 2. The van der Waals surface area contributed by atoms with Gasteiger partial charge in [0.05, 0.1) is 12.2 Å². The third-order valence-corrected chi connectivity index (χ3v) is 2.75. The van der Waals surface area contributed by atoms with E-state index >= 15 is 0 Å². The zero-order valence-corrected chi connectivity index (χ0v) is 10.4. The molecular formula is C14H12F2N2O2. The average Bonchev–Trinajstić information content (AvgIpc) is 2.48. The van der Waals surface area contributed by atoms with E-state index in [2.05, 4.69) is 10.3 Å². The van der Waals surface area contributed by atoms with Gasteiger partial charge in [0.25, 0.3) is 5.91 Å². The van der Waals surface area contributed by atoms with E-state index in [1.165, 1.54) is 0 Å². The minimum Gasteiger partial charge on any atom is -0.392 e. The van der Waals surface area contributed by atoms with Crippen molar-refractivity contribution < 1.29 is 18.7 Å². The molecule has 2 aromatic rings. The first-order valence-electron chi connectivity index (χ1n) is 5.88. The number of rotatable bonds is 4. The summed E-state index contributed by atoms with van der Waals surface area (Å²) in [5.41, 5.74) is 1.15. The Morgan fingerprint density at radius 3 is 2.45 bits per heavy atom. The predicted molar refractivity (Wildman–Crippen MR) is 67.7 cm³/mol. The van der Waals surface area contributed by atoms with Crippen molar-refractivity contribution >= 4 is 5.91 Å². The van der Waals surface area contributed by atoms with Crippen LogP contribution in [0.1, 0.15) is 21.5 Å². The van der Waals surface area contributed by atoms with Crippen LogP contribution in [0.2, 0.25) is 0 Å². The number of nitrogens with one attached hydrogen (secondary N) is 1. The highest BCUT2D eigenvalue weighted by Crippen LogP contribution is 2.09. The lowest BCUT2D eigenvalue weighted by Crippen LogP contribution is -2.24. The molecule has 0 spiro atoms. The Morgan fingerprint density at radius 2 is 1.80 bits per heavy atom. The van der Waals surface area contributed by atoms with Gasteiger partial charge in [-0.25, -0.2) is 9.37 Å². The second kappa shape index (κ2) is 6.21. The normalized spacial score (nSPS) is 10.3. The van der Waals surface area contributed by atoms with Crippen LogP contribution in [0, 0.1) is 11.8 Å². The number of aromatic nitrogens is 1. The lowest BCUT2D eigenvalue weighted by Gasteiger charge is -2.07. The van der Waals surface area contributed by atoms with Crippen LogP contribution in [0.3, 0.4) is 0 Å². The highest BCUT2D eigenvalue weighted by atomic mass is 19.2. The summed E-state index contributed by atoms with van der Waals surface area (Å²) in [4.78, 5) is 14.8. The molecule has 0 aliphatic heterocycles. The quantitative estimate of drug-likeness (QED) is 0.838. The topological polar surface area (TPSA) is 62.2 Å². The summed E-state index contributed by atoms with van der Waals surface area (Å²) in [5, 5.41) is 11.4. The molecule has 0 saturated carbocycles. The molecule has 0 bridgehead atoms. The van der Waals surface area contributed by atoms with Crippen LogP contribution in [0.25, 0.3) is 0 Å². The molecule has 20 heavy (non-hydrogen) atoms. The largest absolute Gasteiger partial charge is 0.392 e. The van der Waals surface area contributed by atoms with Crippen LogP contribution in [-0.2, 0) is 13.2 Å². The van der Waals surface area contributed by atoms with Crippen LogP contribution < -0.4 is 5.32 Å². The lowest BCUT2D eigenvalue weighted by atomic mass is 10.1. The number of benzene rings is 1. The Labute approximate surface area is 114 Å². The van der Waals surface area contributed by atoms with Crippen LogP contribution >= 0.6 is 0 Å². The maximum atomic E-state index is 13.4. The fourth-order valence-electron chi connectivity index (χ4n) is 1.63. The van der Waals surface area contributed by atoms with Crippen molar-refractivity contribution in [3.8, 4) is 0 Å². The Kier molecular flexibility index (Phi) is 4.37. The molecule has 0 aliphatic carbocycles. The van der Waals surface area contributed by atoms with Crippen molar-refractivity contribution in [2.45, 2.75) is 13.2 Å². The number of carbonyl (C=O) groups excluding carboxylic acids is 1. The molecule has 0 saturated heterocycles. The molecular weight excluding hydrogens is 266 g/mol. The lowest BCUT2D eigenvalue weighted by molar-refractivity contribution is 0.0945. The molecule has 1 aromatic heterocycles. The smallest absolute Gasteiger partial charge is 0.254 e. The number of aliphatic hydroxyl groups is 1. The van der Waals surface area contributed by atoms with Gasteiger partial charge < -0.3 is 10.4 Å². The van der Waals surface area contributed by atoms with E-state index < -0.39 is 17.7 Å². The van der Waals surface area contributed by atoms with Crippen LogP contribution in [0.4, 0.5) is 8.78 Å². The average molecular weight is 278 g/mol. The van der Waals surface area contributed by atoms with Crippen molar-refractivity contribution in [3.05, 3.63) is 65.0 Å². The van der Waals surface area contributed by atoms with Crippen LogP contribution in [-0.4, -0.2) is 16.0 Å². The summed E-state index contributed by atoms with van der Waals surface area (Å²) in [6.45, 7) is 0.113. The first kappa shape index (κ1) is 14.1. The Balaban J connectivity index is 2.02. The molecule has 0 atom stereocenters. The molecule has 0 radical (unpaired) electrons. The van der Waals surface area contributed by atoms with E-state index in [9.17, 15) is 13.6 Å². The van der Waals surface area contributed by atoms with Gasteiger partial charge in [-0.1, -0.05) is 24.3 Å². The van der Waals surface area contributed by atoms with E-state index in [0.29, 0.717) is 0 Å². The number of hydrogen-bond acceptors (Lipinski definition) is 3. The van der Waals surface area contributed by atoms with Crippen molar-refractivity contribution in [1.29, 1.82) is 0 Å². The van der Waals surface area contributed by atoms with E-state index in [-0.39, 0.29) is 18.7 Å². The molecule has 2 N–H and O–H groups in total. The molecule has 0 aliphatic rings. The third-order valence-electron chi connectivity index (χ3n) is 2.75. The summed E-state index contributed by atoms with van der Waals surface area (Å²) in [6, 6.07) is 8.01. The molecule has 6 heteroatoms. The van der Waals surface area contributed by atoms with Crippen molar-refractivity contribution in [2.75, 3.05) is 0 Å². The molecule has 1 amide bonds. The second-order valence-corrected chi connectivity index (χ2v) is 4.12. The first-order chi connectivity index (χ1) is 9.61. The maximum Gasteiger partial charge on any atom is 0.254 e. The monoisotopic (exact) mass is 278 g/mol. The van der Waals surface area contributed by atoms with E-state index in [0.717, 1.165) is 23.4 Å². The number of amides is 1. The SMILES string of the molecule is O=C(NCc1ccc(CO)cc1)c1ccnc(F)c1F. The standard InChI is InChI=1S/C14H12F2N2O2/c15-12-11(5-6-17-13(12)16)14(20)18-7-9-1-3-10(8-19)4-2-9/h1-6,19H,7-8H2,(H,18,20). The van der Waals surface area contributed by atoms with Crippen molar-refractivity contribution in [3.63, 3.8) is 0 Å². The number of carbonyl (C=O) groups is 1. The van der Waals surface area contributed by atoms with Gasteiger partial charge >= 0.3 is 0 Å². The fraction of sp³-hybridized carbons (Fsp3) is 0.143. The Morgan fingerprint density at radius 1 is 1.15 bits per heavy atom. The van der Waals surface area contributed by atoms with Crippen molar-refractivity contribution in [1.82, 2.24) is 10.3 Å². The van der Waals surface area contributed by atoms with Gasteiger partial charge in [-0.3, -0.25) is 4.79 Å². The van der Waals surface area contributed by atoms with Gasteiger partial charge in [-0.15, -0.1) is 0 Å². The fourth-order valence-corrected chi connectivity index (χ4v) is 1.63. The van der Waals surface area contributed by atoms with Gasteiger partial charge in [-0.05, 0) is 17.2 Å². The summed E-state index contributed by atoms with van der Waals surface area (Å²) in [6.07, 6.45) is 1.03. The van der Waals surface area contributed by atoms with E-state index in [1.54, 1.807) is 24.3 Å². The number of hydrogen-bond donors (Lipinski definition) is 2. The Bertz CT molecular complexity index is 615. The molecule has 2 rings (SSSR count). The first-order valence-corrected chi connectivity index (χ1v) is 5.88. The van der Waals surface area contributed by atoms with Gasteiger partial charge in [0.1, 0.15) is 0 Å². The highest BCUT2D eigenvalue weighted by molar-refractivity contribution is 5.94. The summed E-state index contributed by atoms with van der Waals surface area (Å²) >= 11 is 0. The molecule has 0 fully saturated rings. The minimum absolute atomic E-state index is 0.0614. The van der Waals surface area contributed by atoms with Gasteiger partial charge in [-0.2, -0.15) is 4.39 Å². The van der Waals surface area contributed by atoms with Gasteiger partial charge in [0, 0.05) is 12.7 Å². The zero-order valence-electron chi connectivity index (χ0n) is 10.4. The molecule has 0 unspecified atom stereocenters. The van der Waals surface area contributed by atoms with Gasteiger partial charge in [0.2, 0.25) is 5.95 Å².